The van der Waals surface area contributed by atoms with E-state index < -0.39 is 0 Å². The zero-order valence-electron chi connectivity index (χ0n) is 12.5. The van der Waals surface area contributed by atoms with Crippen molar-refractivity contribution in [3.05, 3.63) is 23.0 Å². The first kappa shape index (κ1) is 13.7. The van der Waals surface area contributed by atoms with E-state index in [4.69, 9.17) is 0 Å². The number of rotatable bonds is 2. The van der Waals surface area contributed by atoms with Gasteiger partial charge in [-0.1, -0.05) is 27.7 Å². The van der Waals surface area contributed by atoms with Gasteiger partial charge in [-0.2, -0.15) is 0 Å². The van der Waals surface area contributed by atoms with E-state index in [1.165, 1.54) is 17.0 Å². The normalized spacial score (nSPS) is 21.8. The molecular formula is C16H27NO. The minimum atomic E-state index is -0.237. The Morgan fingerprint density at radius 3 is 2.72 bits per heavy atom. The number of aliphatic hydroxyl groups excluding tert-OH is 1. The predicted molar refractivity (Wildman–Crippen MR) is 75.7 cm³/mol. The van der Waals surface area contributed by atoms with Crippen molar-refractivity contribution in [3.8, 4) is 0 Å². The van der Waals surface area contributed by atoms with Crippen LogP contribution in [0.2, 0.25) is 0 Å². The molecule has 2 heteroatoms. The van der Waals surface area contributed by atoms with E-state index >= 15 is 0 Å². The summed E-state index contributed by atoms with van der Waals surface area (Å²) in [6, 6.07) is 2.19. The number of aliphatic hydroxyl groups is 1. The third kappa shape index (κ3) is 2.49. The van der Waals surface area contributed by atoms with Crippen LogP contribution < -0.4 is 0 Å². The Morgan fingerprint density at radius 1 is 1.44 bits per heavy atom. The number of aromatic nitrogens is 1. The van der Waals surface area contributed by atoms with Crippen LogP contribution in [-0.2, 0) is 13.0 Å². The van der Waals surface area contributed by atoms with Crippen LogP contribution in [0.1, 0.15) is 63.6 Å². The van der Waals surface area contributed by atoms with Gasteiger partial charge in [0.15, 0.2) is 0 Å². The first-order valence-electron chi connectivity index (χ1n) is 7.17. The molecule has 2 unspecified atom stereocenters. The maximum absolute atomic E-state index is 10.1. The van der Waals surface area contributed by atoms with Gasteiger partial charge in [0.2, 0.25) is 0 Å². The SMILES string of the molecule is Cc1cc2c(n1CC(C)C(C)(C)C)CCCC2O. The second kappa shape index (κ2) is 4.73. The average Bonchev–Trinajstić information content (AvgIpc) is 2.57. The molecule has 1 aromatic rings. The predicted octanol–water partition coefficient (Wildman–Crippen LogP) is 3.85. The van der Waals surface area contributed by atoms with Crippen LogP contribution in [0.15, 0.2) is 6.07 Å². The molecule has 102 valence electrons. The molecule has 0 saturated heterocycles. The Hall–Kier alpha value is -0.760. The molecule has 0 aliphatic heterocycles. The van der Waals surface area contributed by atoms with Crippen LogP contribution in [0.3, 0.4) is 0 Å². The lowest BCUT2D eigenvalue weighted by Gasteiger charge is -2.30. The van der Waals surface area contributed by atoms with Gasteiger partial charge in [0.1, 0.15) is 0 Å². The number of nitrogens with zero attached hydrogens (tertiary/aromatic N) is 1. The Bertz CT molecular complexity index is 425. The summed E-state index contributed by atoms with van der Waals surface area (Å²) >= 11 is 0. The maximum Gasteiger partial charge on any atom is 0.0807 e. The van der Waals surface area contributed by atoms with Crippen molar-refractivity contribution in [1.82, 2.24) is 4.57 Å². The summed E-state index contributed by atoms with van der Waals surface area (Å²) in [6.07, 6.45) is 2.92. The van der Waals surface area contributed by atoms with E-state index in [1.807, 2.05) is 0 Å². The summed E-state index contributed by atoms with van der Waals surface area (Å²) < 4.78 is 2.44. The zero-order chi connectivity index (χ0) is 13.5. The summed E-state index contributed by atoms with van der Waals surface area (Å²) in [7, 11) is 0. The molecule has 18 heavy (non-hydrogen) atoms. The van der Waals surface area contributed by atoms with Gasteiger partial charge in [0.25, 0.3) is 0 Å². The number of aryl methyl sites for hydroxylation is 1. The second-order valence-corrected chi connectivity index (χ2v) is 6.97. The molecule has 0 spiro atoms. The standard InChI is InChI=1S/C16H27NO/c1-11(16(3,4)5)10-17-12(2)9-13-14(17)7-6-8-15(13)18/h9,11,15,18H,6-8,10H2,1-5H3. The lowest BCUT2D eigenvalue weighted by molar-refractivity contribution is 0.154. The average molecular weight is 249 g/mol. The maximum atomic E-state index is 10.1. The Balaban J connectivity index is 2.29. The molecular weight excluding hydrogens is 222 g/mol. The van der Waals surface area contributed by atoms with Crippen molar-refractivity contribution in [2.75, 3.05) is 0 Å². The molecule has 0 saturated carbocycles. The highest BCUT2D eigenvalue weighted by molar-refractivity contribution is 5.31. The van der Waals surface area contributed by atoms with Gasteiger partial charge in [0.05, 0.1) is 6.10 Å². The Labute approximate surface area is 111 Å². The van der Waals surface area contributed by atoms with Gasteiger partial charge in [0, 0.05) is 23.5 Å². The van der Waals surface area contributed by atoms with Crippen molar-refractivity contribution in [1.29, 1.82) is 0 Å². The van der Waals surface area contributed by atoms with Gasteiger partial charge in [-0.05, 0) is 43.6 Å². The van der Waals surface area contributed by atoms with E-state index in [9.17, 15) is 5.11 Å². The van der Waals surface area contributed by atoms with Gasteiger partial charge >= 0.3 is 0 Å². The molecule has 2 atom stereocenters. The number of hydrogen-bond acceptors (Lipinski definition) is 1. The molecule has 2 rings (SSSR count). The van der Waals surface area contributed by atoms with Crippen LogP contribution in [0.5, 0.6) is 0 Å². The molecule has 2 nitrogen and oxygen atoms in total. The largest absolute Gasteiger partial charge is 0.388 e. The Morgan fingerprint density at radius 2 is 2.11 bits per heavy atom. The second-order valence-electron chi connectivity index (χ2n) is 6.97. The van der Waals surface area contributed by atoms with Crippen molar-refractivity contribution in [2.45, 2.75) is 66.5 Å². The van der Waals surface area contributed by atoms with Crippen molar-refractivity contribution >= 4 is 0 Å². The van der Waals surface area contributed by atoms with Crippen molar-refractivity contribution in [2.24, 2.45) is 11.3 Å². The molecule has 1 aliphatic rings. The molecule has 1 N–H and O–H groups in total. The molecule has 0 radical (unpaired) electrons. The van der Waals surface area contributed by atoms with Crippen LogP contribution in [-0.4, -0.2) is 9.67 Å². The lowest BCUT2D eigenvalue weighted by Crippen LogP contribution is -2.24. The zero-order valence-corrected chi connectivity index (χ0v) is 12.5. The molecule has 1 aromatic heterocycles. The van der Waals surface area contributed by atoms with Crippen LogP contribution in [0.4, 0.5) is 0 Å². The summed E-state index contributed by atoms with van der Waals surface area (Å²) in [6.45, 7) is 12.5. The fourth-order valence-electron chi connectivity index (χ4n) is 2.74. The first-order chi connectivity index (χ1) is 8.30. The molecule has 0 fully saturated rings. The van der Waals surface area contributed by atoms with Crippen LogP contribution >= 0.6 is 0 Å². The summed E-state index contributed by atoms with van der Waals surface area (Å²) in [4.78, 5) is 0. The van der Waals surface area contributed by atoms with E-state index in [1.54, 1.807) is 0 Å². The Kier molecular flexibility index (Phi) is 3.59. The summed E-state index contributed by atoms with van der Waals surface area (Å²) in [5, 5.41) is 10.1. The summed E-state index contributed by atoms with van der Waals surface area (Å²) in [5.74, 6) is 0.631. The fourth-order valence-corrected chi connectivity index (χ4v) is 2.74. The molecule has 0 aromatic carbocycles. The van der Waals surface area contributed by atoms with E-state index in [0.29, 0.717) is 11.3 Å². The first-order valence-corrected chi connectivity index (χ1v) is 7.17. The molecule has 1 heterocycles. The minimum Gasteiger partial charge on any atom is -0.388 e. The highest BCUT2D eigenvalue weighted by atomic mass is 16.3. The van der Waals surface area contributed by atoms with Gasteiger partial charge in [-0.15, -0.1) is 0 Å². The van der Waals surface area contributed by atoms with Crippen molar-refractivity contribution in [3.63, 3.8) is 0 Å². The van der Waals surface area contributed by atoms with E-state index in [2.05, 4.69) is 45.3 Å². The van der Waals surface area contributed by atoms with Crippen LogP contribution in [0, 0.1) is 18.3 Å². The highest BCUT2D eigenvalue weighted by Crippen LogP contribution is 2.34. The van der Waals surface area contributed by atoms with Gasteiger partial charge in [-0.25, -0.2) is 0 Å². The molecule has 0 amide bonds. The van der Waals surface area contributed by atoms with E-state index in [0.717, 1.165) is 25.8 Å². The van der Waals surface area contributed by atoms with E-state index in [-0.39, 0.29) is 6.10 Å². The highest BCUT2D eigenvalue weighted by Gasteiger charge is 2.26. The lowest BCUT2D eigenvalue weighted by atomic mass is 9.82. The number of fused-ring (bicyclic) bond motifs is 1. The third-order valence-corrected chi connectivity index (χ3v) is 4.63. The fraction of sp³-hybridized carbons (Fsp3) is 0.750. The molecule has 1 aliphatic carbocycles. The summed E-state index contributed by atoms with van der Waals surface area (Å²) in [5.41, 5.74) is 4.19. The molecule has 0 bridgehead atoms. The van der Waals surface area contributed by atoms with Crippen molar-refractivity contribution < 1.29 is 5.11 Å². The third-order valence-electron chi connectivity index (χ3n) is 4.63. The number of hydrogen-bond donors (Lipinski definition) is 1. The van der Waals surface area contributed by atoms with Gasteiger partial charge < -0.3 is 9.67 Å². The monoisotopic (exact) mass is 249 g/mol. The van der Waals surface area contributed by atoms with Crippen LogP contribution in [0.25, 0.3) is 0 Å². The minimum absolute atomic E-state index is 0.237. The smallest absolute Gasteiger partial charge is 0.0807 e. The van der Waals surface area contributed by atoms with Gasteiger partial charge in [-0.3, -0.25) is 0 Å². The quantitative estimate of drug-likeness (QED) is 0.846. The topological polar surface area (TPSA) is 25.2 Å².